The van der Waals surface area contributed by atoms with Gasteiger partial charge in [0.05, 0.1) is 0 Å². The molecule has 21 heavy (non-hydrogen) atoms. The molecule has 0 aromatic heterocycles. The van der Waals surface area contributed by atoms with Gasteiger partial charge >= 0.3 is 130 Å². The van der Waals surface area contributed by atoms with Gasteiger partial charge in [-0.15, -0.1) is 0 Å². The van der Waals surface area contributed by atoms with E-state index in [1.54, 1.807) is 12.1 Å². The molecule has 1 aromatic rings. The van der Waals surface area contributed by atoms with Crippen molar-refractivity contribution in [1.82, 2.24) is 5.32 Å². The fourth-order valence-electron chi connectivity index (χ4n) is 1.49. The van der Waals surface area contributed by atoms with E-state index < -0.39 is 11.7 Å². The predicted octanol–water partition coefficient (Wildman–Crippen LogP) is 2.26. The monoisotopic (exact) mass is 360 g/mol. The van der Waals surface area contributed by atoms with E-state index >= 15 is 0 Å². The SMILES string of the molecule is CC(C)(C)OC(=O)NCCC[Se]c1ccccc1[N+](=O)[O-]. The molecule has 0 aliphatic carbocycles. The number of benzene rings is 1. The van der Waals surface area contributed by atoms with Gasteiger partial charge < -0.3 is 0 Å². The minimum atomic E-state index is -0.501. The molecule has 1 aromatic carbocycles. The van der Waals surface area contributed by atoms with Gasteiger partial charge in [-0.2, -0.15) is 0 Å². The van der Waals surface area contributed by atoms with Crippen molar-refractivity contribution in [2.24, 2.45) is 0 Å². The van der Waals surface area contributed by atoms with E-state index in [4.69, 9.17) is 4.74 Å². The number of alkyl carbamates (subject to hydrolysis) is 1. The molecule has 0 unspecified atom stereocenters. The summed E-state index contributed by atoms with van der Waals surface area (Å²) in [5.74, 6) is 0. The first-order valence-corrected chi connectivity index (χ1v) is 8.69. The van der Waals surface area contributed by atoms with Crippen LogP contribution in [0.4, 0.5) is 10.5 Å². The van der Waals surface area contributed by atoms with Gasteiger partial charge in [0.25, 0.3) is 0 Å². The molecule has 0 radical (unpaired) electrons. The van der Waals surface area contributed by atoms with Gasteiger partial charge in [-0.25, -0.2) is 0 Å². The molecule has 116 valence electrons. The number of nitro groups is 1. The van der Waals surface area contributed by atoms with Gasteiger partial charge in [0.15, 0.2) is 0 Å². The number of ether oxygens (including phenoxy) is 1. The topological polar surface area (TPSA) is 81.5 Å². The molecule has 0 aliphatic heterocycles. The molecule has 1 N–H and O–H groups in total. The van der Waals surface area contributed by atoms with Crippen LogP contribution in [-0.4, -0.2) is 38.1 Å². The molecule has 0 bridgehead atoms. The van der Waals surface area contributed by atoms with Crippen LogP contribution in [-0.2, 0) is 4.74 Å². The van der Waals surface area contributed by atoms with Crippen LogP contribution < -0.4 is 9.78 Å². The average molecular weight is 359 g/mol. The van der Waals surface area contributed by atoms with Crippen molar-refractivity contribution in [2.45, 2.75) is 38.1 Å². The molecule has 0 aliphatic rings. The van der Waals surface area contributed by atoms with Crippen LogP contribution in [0.15, 0.2) is 24.3 Å². The Kier molecular flexibility index (Phi) is 6.65. The number of para-hydroxylation sites is 1. The second-order valence-corrected chi connectivity index (χ2v) is 7.74. The maximum atomic E-state index is 11.4. The van der Waals surface area contributed by atoms with Crippen LogP contribution in [0.25, 0.3) is 0 Å². The number of nitrogens with zero attached hydrogens (tertiary/aromatic N) is 1. The van der Waals surface area contributed by atoms with Crippen LogP contribution in [0.3, 0.4) is 0 Å². The zero-order valence-corrected chi connectivity index (χ0v) is 14.1. The Morgan fingerprint density at radius 1 is 1.38 bits per heavy atom. The van der Waals surface area contributed by atoms with Crippen LogP contribution in [0.2, 0.25) is 5.32 Å². The van der Waals surface area contributed by atoms with E-state index in [0.29, 0.717) is 6.54 Å². The standard InChI is InChI=1S/C14H20N2O4Se/c1-14(2,3)20-13(17)15-9-6-10-21-12-8-5-4-7-11(12)16(18)19/h4-5,7-8H,6,9-10H2,1-3H3,(H,15,17). The first-order chi connectivity index (χ1) is 9.79. The van der Waals surface area contributed by atoms with E-state index in [9.17, 15) is 14.9 Å². The molecule has 1 rings (SSSR count). The summed E-state index contributed by atoms with van der Waals surface area (Å²) in [5, 5.41) is 14.4. The van der Waals surface area contributed by atoms with Crippen LogP contribution in [0, 0.1) is 10.1 Å². The van der Waals surface area contributed by atoms with Crippen molar-refractivity contribution in [3.05, 3.63) is 34.4 Å². The molecule has 1 amide bonds. The molecule has 7 heteroatoms. The van der Waals surface area contributed by atoms with E-state index in [1.807, 2.05) is 26.8 Å². The summed E-state index contributed by atoms with van der Waals surface area (Å²) in [6, 6.07) is 6.79. The Labute approximate surface area is 130 Å². The first-order valence-electron chi connectivity index (χ1n) is 6.62. The number of amides is 1. The zero-order chi connectivity index (χ0) is 15.9. The molecule has 6 nitrogen and oxygen atoms in total. The van der Waals surface area contributed by atoms with Crippen LogP contribution in [0.1, 0.15) is 27.2 Å². The van der Waals surface area contributed by atoms with Crippen LogP contribution >= 0.6 is 0 Å². The Balaban J connectivity index is 2.29. The van der Waals surface area contributed by atoms with Gasteiger partial charge in [0.2, 0.25) is 0 Å². The van der Waals surface area contributed by atoms with E-state index in [1.165, 1.54) is 6.07 Å². The number of hydrogen-bond donors (Lipinski definition) is 1. The summed E-state index contributed by atoms with van der Waals surface area (Å²) in [6.45, 7) is 5.94. The minimum absolute atomic E-state index is 0.0271. The number of rotatable bonds is 6. The average Bonchev–Trinajstić information content (AvgIpc) is 2.36. The fraction of sp³-hybridized carbons (Fsp3) is 0.500. The summed E-state index contributed by atoms with van der Waals surface area (Å²) in [4.78, 5) is 21.9. The Bertz CT molecular complexity index is 500. The quantitative estimate of drug-likeness (QED) is 0.366. The number of hydrogen-bond acceptors (Lipinski definition) is 4. The molecular weight excluding hydrogens is 339 g/mol. The van der Waals surface area contributed by atoms with Gasteiger partial charge in [0.1, 0.15) is 0 Å². The van der Waals surface area contributed by atoms with E-state index in [-0.39, 0.29) is 25.6 Å². The van der Waals surface area contributed by atoms with Crippen molar-refractivity contribution < 1.29 is 14.5 Å². The third-order valence-electron chi connectivity index (χ3n) is 2.31. The molecule has 0 atom stereocenters. The number of carbonyl (C=O) groups is 1. The van der Waals surface area contributed by atoms with Crippen molar-refractivity contribution in [3.63, 3.8) is 0 Å². The second-order valence-electron chi connectivity index (χ2n) is 5.36. The summed E-state index contributed by atoms with van der Waals surface area (Å²) in [5.41, 5.74) is -0.323. The summed E-state index contributed by atoms with van der Waals surface area (Å²) in [6.07, 6.45) is 0.339. The van der Waals surface area contributed by atoms with Gasteiger partial charge in [0, 0.05) is 0 Å². The number of nitro benzene ring substituents is 1. The maximum absolute atomic E-state index is 11.4. The Morgan fingerprint density at radius 2 is 2.05 bits per heavy atom. The summed E-state index contributed by atoms with van der Waals surface area (Å²) in [7, 11) is 0. The Hall–Kier alpha value is -1.59. The fourth-order valence-corrected chi connectivity index (χ4v) is 3.53. The van der Waals surface area contributed by atoms with Crippen molar-refractivity contribution in [3.8, 4) is 0 Å². The van der Waals surface area contributed by atoms with Gasteiger partial charge in [-0.05, 0) is 0 Å². The first kappa shape index (κ1) is 17.5. The molecule has 0 heterocycles. The molecule has 0 saturated heterocycles. The van der Waals surface area contributed by atoms with Gasteiger partial charge in [-0.1, -0.05) is 0 Å². The number of carbonyl (C=O) groups excluding carboxylic acids is 1. The van der Waals surface area contributed by atoms with E-state index in [0.717, 1.165) is 16.2 Å². The second kappa shape index (κ2) is 8.00. The number of nitrogens with one attached hydrogen (secondary N) is 1. The molecule has 0 fully saturated rings. The third-order valence-corrected chi connectivity index (χ3v) is 4.72. The summed E-state index contributed by atoms with van der Waals surface area (Å²) < 4.78 is 5.90. The predicted molar refractivity (Wildman–Crippen MR) is 82.1 cm³/mol. The third kappa shape index (κ3) is 7.11. The molecule has 0 saturated carbocycles. The normalized spacial score (nSPS) is 11.0. The Morgan fingerprint density at radius 3 is 2.67 bits per heavy atom. The van der Waals surface area contributed by atoms with E-state index in [2.05, 4.69) is 5.32 Å². The van der Waals surface area contributed by atoms with Crippen molar-refractivity contribution in [1.29, 1.82) is 0 Å². The molecule has 0 spiro atoms. The van der Waals surface area contributed by atoms with Crippen molar-refractivity contribution in [2.75, 3.05) is 6.54 Å². The van der Waals surface area contributed by atoms with Gasteiger partial charge in [-0.3, -0.25) is 0 Å². The molecular formula is C14H20N2O4Se. The van der Waals surface area contributed by atoms with Crippen molar-refractivity contribution >= 4 is 31.2 Å². The summed E-state index contributed by atoms with van der Waals surface area (Å²) >= 11 is 0.0271. The van der Waals surface area contributed by atoms with Crippen LogP contribution in [0.5, 0.6) is 0 Å². The zero-order valence-electron chi connectivity index (χ0n) is 12.4.